The van der Waals surface area contributed by atoms with Gasteiger partial charge in [-0.1, -0.05) is 29.8 Å². The largest absolute Gasteiger partial charge is 0.335 e. The van der Waals surface area contributed by atoms with Gasteiger partial charge >= 0.3 is 0 Å². The van der Waals surface area contributed by atoms with Crippen LogP contribution in [0.1, 0.15) is 40.1 Å². The summed E-state index contributed by atoms with van der Waals surface area (Å²) in [6, 6.07) is 11.7. The predicted molar refractivity (Wildman–Crippen MR) is 91.1 cm³/mol. The number of aryl methyl sites for hydroxylation is 1. The molecule has 1 atom stereocenters. The first kappa shape index (κ1) is 18.1. The molecule has 4 nitrogen and oxygen atoms in total. The first-order valence-electron chi connectivity index (χ1n) is 7.01. The van der Waals surface area contributed by atoms with Crippen molar-refractivity contribution in [2.75, 3.05) is 7.05 Å². The molecular weight excluding hydrogens is 298 g/mol. The Kier molecular flexibility index (Phi) is 6.53. The Labute approximate surface area is 137 Å². The van der Waals surface area contributed by atoms with Gasteiger partial charge in [0, 0.05) is 25.4 Å². The zero-order valence-electron chi connectivity index (χ0n) is 13.1. The third-order valence-corrected chi connectivity index (χ3v) is 3.73. The smallest absolute Gasteiger partial charge is 0.254 e. The maximum atomic E-state index is 12.6. The summed E-state index contributed by atoms with van der Waals surface area (Å²) in [5.41, 5.74) is 9.23. The maximum absolute atomic E-state index is 12.6. The minimum atomic E-state index is -0.0276. The molecule has 1 amide bonds. The van der Waals surface area contributed by atoms with Crippen LogP contribution in [0, 0.1) is 6.92 Å². The number of nitrogens with zero attached hydrogens (tertiary/aromatic N) is 2. The molecule has 0 aliphatic rings. The van der Waals surface area contributed by atoms with Gasteiger partial charge in [-0.3, -0.25) is 9.78 Å². The van der Waals surface area contributed by atoms with Crippen LogP contribution >= 0.6 is 12.4 Å². The van der Waals surface area contributed by atoms with Crippen LogP contribution in [-0.4, -0.2) is 22.8 Å². The molecular formula is C17H22ClN3O. The van der Waals surface area contributed by atoms with Crippen LogP contribution in [0.4, 0.5) is 0 Å². The molecule has 0 radical (unpaired) electrons. The van der Waals surface area contributed by atoms with Gasteiger partial charge in [-0.2, -0.15) is 0 Å². The second-order valence-corrected chi connectivity index (χ2v) is 5.24. The van der Waals surface area contributed by atoms with Crippen molar-refractivity contribution in [1.82, 2.24) is 9.88 Å². The van der Waals surface area contributed by atoms with Gasteiger partial charge < -0.3 is 10.6 Å². The Morgan fingerprint density at radius 3 is 2.50 bits per heavy atom. The molecule has 22 heavy (non-hydrogen) atoms. The molecule has 0 spiro atoms. The lowest BCUT2D eigenvalue weighted by atomic mass is 10.0. The Morgan fingerprint density at radius 1 is 1.27 bits per heavy atom. The summed E-state index contributed by atoms with van der Waals surface area (Å²) < 4.78 is 0. The first-order chi connectivity index (χ1) is 10.0. The van der Waals surface area contributed by atoms with Crippen LogP contribution in [-0.2, 0) is 6.54 Å². The topological polar surface area (TPSA) is 59.2 Å². The van der Waals surface area contributed by atoms with E-state index in [2.05, 4.69) is 36.2 Å². The van der Waals surface area contributed by atoms with E-state index in [1.807, 2.05) is 14.0 Å². The van der Waals surface area contributed by atoms with Crippen LogP contribution < -0.4 is 5.73 Å². The van der Waals surface area contributed by atoms with Crippen molar-refractivity contribution < 1.29 is 4.79 Å². The van der Waals surface area contributed by atoms with Gasteiger partial charge in [0.05, 0.1) is 11.7 Å². The third kappa shape index (κ3) is 4.06. The van der Waals surface area contributed by atoms with Crippen molar-refractivity contribution >= 4 is 18.3 Å². The van der Waals surface area contributed by atoms with E-state index >= 15 is 0 Å². The van der Waals surface area contributed by atoms with Gasteiger partial charge in [0.15, 0.2) is 0 Å². The number of amides is 1. The van der Waals surface area contributed by atoms with Crippen LogP contribution in [0.25, 0.3) is 0 Å². The number of nitrogens with two attached hydrogens (primary N) is 1. The van der Waals surface area contributed by atoms with Crippen molar-refractivity contribution in [2.24, 2.45) is 5.73 Å². The monoisotopic (exact) mass is 319 g/mol. The summed E-state index contributed by atoms with van der Waals surface area (Å²) in [5.74, 6) is -0.0276. The number of benzene rings is 1. The molecule has 5 heteroatoms. The Balaban J connectivity index is 0.00000242. The lowest BCUT2D eigenvalue weighted by molar-refractivity contribution is 0.0742. The highest BCUT2D eigenvalue weighted by molar-refractivity contribution is 5.94. The fourth-order valence-corrected chi connectivity index (χ4v) is 2.17. The molecule has 1 aromatic heterocycles. The molecule has 2 aromatic rings. The van der Waals surface area contributed by atoms with E-state index in [4.69, 9.17) is 5.73 Å². The van der Waals surface area contributed by atoms with Crippen molar-refractivity contribution in [3.8, 4) is 0 Å². The molecule has 0 aliphatic carbocycles. The summed E-state index contributed by atoms with van der Waals surface area (Å²) in [5, 5.41) is 0. The van der Waals surface area contributed by atoms with Crippen molar-refractivity contribution in [1.29, 1.82) is 0 Å². The number of halogens is 1. The zero-order valence-corrected chi connectivity index (χ0v) is 13.9. The fourth-order valence-electron chi connectivity index (χ4n) is 2.17. The highest BCUT2D eigenvalue weighted by atomic mass is 35.5. The number of aromatic nitrogens is 1. The van der Waals surface area contributed by atoms with Crippen LogP contribution in [0.3, 0.4) is 0 Å². The van der Waals surface area contributed by atoms with E-state index in [0.717, 1.165) is 11.3 Å². The number of carbonyl (C=O) groups excluding carboxylic acids is 1. The van der Waals surface area contributed by atoms with E-state index in [1.54, 1.807) is 23.2 Å². The lowest BCUT2D eigenvalue weighted by Crippen LogP contribution is -2.29. The molecule has 1 aromatic carbocycles. The molecule has 1 unspecified atom stereocenters. The summed E-state index contributed by atoms with van der Waals surface area (Å²) >= 11 is 0. The fraction of sp³-hybridized carbons (Fsp3) is 0.294. The normalized spacial score (nSPS) is 11.5. The van der Waals surface area contributed by atoms with Crippen molar-refractivity contribution in [3.63, 3.8) is 0 Å². The number of hydrogen-bond acceptors (Lipinski definition) is 3. The molecule has 1 heterocycles. The second kappa shape index (κ2) is 7.92. The van der Waals surface area contributed by atoms with Gasteiger partial charge in [0.25, 0.3) is 5.91 Å². The number of carbonyl (C=O) groups is 1. The van der Waals surface area contributed by atoms with Crippen molar-refractivity contribution in [2.45, 2.75) is 26.4 Å². The maximum Gasteiger partial charge on any atom is 0.254 e. The van der Waals surface area contributed by atoms with Gasteiger partial charge in [0.2, 0.25) is 0 Å². The van der Waals surface area contributed by atoms with E-state index in [0.29, 0.717) is 12.1 Å². The quantitative estimate of drug-likeness (QED) is 0.942. The van der Waals surface area contributed by atoms with Gasteiger partial charge in [-0.25, -0.2) is 0 Å². The minimum Gasteiger partial charge on any atom is -0.335 e. The molecule has 0 saturated carbocycles. The second-order valence-electron chi connectivity index (χ2n) is 5.24. The summed E-state index contributed by atoms with van der Waals surface area (Å²) in [6.07, 6.45) is 1.62. The van der Waals surface area contributed by atoms with Gasteiger partial charge in [-0.15, -0.1) is 12.4 Å². The lowest BCUT2D eigenvalue weighted by Gasteiger charge is -2.25. The average molecular weight is 320 g/mol. The molecule has 0 aliphatic heterocycles. The Hall–Kier alpha value is -1.91. The van der Waals surface area contributed by atoms with Crippen LogP contribution in [0.2, 0.25) is 0 Å². The molecule has 0 bridgehead atoms. The van der Waals surface area contributed by atoms with Crippen molar-refractivity contribution in [3.05, 3.63) is 65.0 Å². The number of hydrogen-bond donors (Lipinski definition) is 1. The highest BCUT2D eigenvalue weighted by Crippen LogP contribution is 2.21. The van der Waals surface area contributed by atoms with E-state index < -0.39 is 0 Å². The van der Waals surface area contributed by atoms with Crippen LogP contribution in [0.5, 0.6) is 0 Å². The van der Waals surface area contributed by atoms with E-state index in [-0.39, 0.29) is 24.4 Å². The molecule has 118 valence electrons. The van der Waals surface area contributed by atoms with Gasteiger partial charge in [0.1, 0.15) is 0 Å². The van der Waals surface area contributed by atoms with E-state index in [9.17, 15) is 4.79 Å². The Bertz CT molecular complexity index is 628. The predicted octanol–water partition coefficient (Wildman–Crippen LogP) is 3.10. The van der Waals surface area contributed by atoms with Gasteiger partial charge in [-0.05, 0) is 31.5 Å². The number of pyridine rings is 1. The summed E-state index contributed by atoms with van der Waals surface area (Å²) in [7, 11) is 1.81. The number of rotatable bonds is 4. The molecule has 2 rings (SSSR count). The SMILES string of the molecule is Cc1ccc(C(C)N(C)C(=O)c2ccnc(CN)c2)cc1.Cl. The Morgan fingerprint density at radius 2 is 1.91 bits per heavy atom. The standard InChI is InChI=1S/C17H21N3O.ClH/c1-12-4-6-14(7-5-12)13(2)20(3)17(21)15-8-9-19-16(10-15)11-18;/h4-10,13H,11,18H2,1-3H3;1H. The highest BCUT2D eigenvalue weighted by Gasteiger charge is 2.19. The molecule has 0 fully saturated rings. The molecule has 0 saturated heterocycles. The molecule has 2 N–H and O–H groups in total. The first-order valence-corrected chi connectivity index (χ1v) is 7.01. The summed E-state index contributed by atoms with van der Waals surface area (Å²) in [4.78, 5) is 18.4. The zero-order chi connectivity index (χ0) is 15.4. The third-order valence-electron chi connectivity index (χ3n) is 3.73. The average Bonchev–Trinajstić information content (AvgIpc) is 2.53. The van der Waals surface area contributed by atoms with Crippen LogP contribution in [0.15, 0.2) is 42.6 Å². The van der Waals surface area contributed by atoms with E-state index in [1.165, 1.54) is 5.56 Å². The summed E-state index contributed by atoms with van der Waals surface area (Å²) in [6.45, 7) is 4.40. The minimum absolute atomic E-state index is 0.